The second-order valence-electron chi connectivity index (χ2n) is 14.3. The van der Waals surface area contributed by atoms with E-state index in [1.165, 1.54) is 37.2 Å². The molecule has 2 aliphatic heterocycles. The Hall–Kier alpha value is -3.57. The van der Waals surface area contributed by atoms with E-state index in [0.29, 0.717) is 33.3 Å². The van der Waals surface area contributed by atoms with Crippen LogP contribution in [0.3, 0.4) is 0 Å². The number of aryl methyl sites for hydroxylation is 1. The molecule has 6 rings (SSSR count). The second kappa shape index (κ2) is 16.0. The van der Waals surface area contributed by atoms with Gasteiger partial charge in [-0.15, -0.1) is 0 Å². The number of aromatic nitrogens is 4. The molecule has 0 saturated carbocycles. The van der Waals surface area contributed by atoms with E-state index in [1.807, 2.05) is 18.2 Å². The molecule has 0 spiro atoms. The molecule has 0 radical (unpaired) electrons. The first-order chi connectivity index (χ1) is 24.4. The van der Waals surface area contributed by atoms with Crippen LogP contribution >= 0.6 is 23.1 Å². The number of ether oxygens (including phenoxy) is 1. The molecule has 2 aromatic heterocycles. The summed E-state index contributed by atoms with van der Waals surface area (Å²) in [4.78, 5) is 26.2. The smallest absolute Gasteiger partial charge is 0.229 e. The number of methoxy groups -OCH3 is 1. The first-order valence-electron chi connectivity index (χ1n) is 17.9. The van der Waals surface area contributed by atoms with Crippen molar-refractivity contribution in [1.82, 2.24) is 29.7 Å². The number of nitrogens with one attached hydrogen (secondary N) is 2. The van der Waals surface area contributed by atoms with Crippen molar-refractivity contribution in [2.75, 3.05) is 82.3 Å². The van der Waals surface area contributed by atoms with Crippen LogP contribution in [-0.4, -0.2) is 103 Å². The lowest BCUT2D eigenvalue weighted by molar-refractivity contribution is 0.0982. The van der Waals surface area contributed by atoms with Crippen LogP contribution in [0.1, 0.15) is 50.8 Å². The van der Waals surface area contributed by atoms with Gasteiger partial charge >= 0.3 is 0 Å². The molecule has 11 nitrogen and oxygen atoms in total. The van der Waals surface area contributed by atoms with Gasteiger partial charge in [-0.25, -0.2) is 9.97 Å². The van der Waals surface area contributed by atoms with Crippen molar-refractivity contribution in [1.29, 1.82) is 0 Å². The molecule has 0 unspecified atom stereocenters. The first-order valence-corrected chi connectivity index (χ1v) is 21.3. The van der Waals surface area contributed by atoms with E-state index in [1.54, 1.807) is 39.0 Å². The molecule has 2 fully saturated rings. The molecule has 2 saturated heterocycles. The summed E-state index contributed by atoms with van der Waals surface area (Å²) in [6.07, 6.45) is 8.48. The van der Waals surface area contributed by atoms with E-state index in [-0.39, 0.29) is 5.92 Å². The van der Waals surface area contributed by atoms with Gasteiger partial charge in [0.1, 0.15) is 18.7 Å². The first kappa shape index (κ1) is 37.2. The van der Waals surface area contributed by atoms with Crippen LogP contribution in [0.25, 0.3) is 11.3 Å². The molecule has 4 aromatic rings. The number of likely N-dealkylation sites (N-methyl/N-ethyl adjacent to an activating group) is 1. The lowest BCUT2D eigenvalue weighted by atomic mass is 9.99. The van der Waals surface area contributed by atoms with Crippen molar-refractivity contribution in [2.24, 2.45) is 0 Å². The maximum Gasteiger partial charge on any atom is 0.229 e. The zero-order valence-electron chi connectivity index (χ0n) is 30.9. The molecule has 0 aliphatic carbocycles. The van der Waals surface area contributed by atoms with Gasteiger partial charge in [-0.1, -0.05) is 26.8 Å². The zero-order chi connectivity index (χ0) is 36.3. The molecule has 13 heteroatoms. The zero-order valence-corrected chi connectivity index (χ0v) is 33.4. The number of anilines is 5. The SMILES string of the molecule is CCc1cc(Nc2ncc(Br)c(Nc3ccc(-c4cncc(C(C)C)n4)cc3P(C)(C)=O)n2)c(OC)cc1N1CCC(N2CCN(C)CC2)CC1. The Morgan fingerprint density at radius 1 is 0.961 bits per heavy atom. The van der Waals surface area contributed by atoms with Crippen LogP contribution < -0.4 is 25.6 Å². The Kier molecular flexibility index (Phi) is 11.7. The van der Waals surface area contributed by atoms with Gasteiger partial charge in [0.15, 0.2) is 0 Å². The fourth-order valence-corrected chi connectivity index (χ4v) is 8.37. The lowest BCUT2D eigenvalue weighted by Gasteiger charge is -2.43. The van der Waals surface area contributed by atoms with Crippen molar-refractivity contribution in [3.05, 3.63) is 64.7 Å². The van der Waals surface area contributed by atoms with E-state index in [4.69, 9.17) is 14.7 Å². The monoisotopic (exact) mass is 775 g/mol. The van der Waals surface area contributed by atoms with Crippen LogP contribution in [0, 0.1) is 0 Å². The Morgan fingerprint density at radius 3 is 2.37 bits per heavy atom. The Morgan fingerprint density at radius 2 is 1.71 bits per heavy atom. The van der Waals surface area contributed by atoms with Crippen molar-refractivity contribution < 1.29 is 9.30 Å². The molecule has 0 atom stereocenters. The number of halogens is 1. The van der Waals surface area contributed by atoms with E-state index in [2.05, 4.69) is 91.2 Å². The molecule has 0 bridgehead atoms. The molecule has 51 heavy (non-hydrogen) atoms. The second-order valence-corrected chi connectivity index (χ2v) is 18.3. The molecule has 4 heterocycles. The van der Waals surface area contributed by atoms with Crippen LogP contribution in [0.2, 0.25) is 0 Å². The van der Waals surface area contributed by atoms with Gasteiger partial charge in [-0.3, -0.25) is 9.88 Å². The summed E-state index contributed by atoms with van der Waals surface area (Å²) in [6, 6.07) is 10.8. The minimum Gasteiger partial charge on any atom is -0.494 e. The fourth-order valence-electron chi connectivity index (χ4n) is 6.92. The van der Waals surface area contributed by atoms with E-state index < -0.39 is 7.14 Å². The fraction of sp³-hybridized carbons (Fsp3) is 0.474. The summed E-state index contributed by atoms with van der Waals surface area (Å²) >= 11 is 3.62. The van der Waals surface area contributed by atoms with Crippen LogP contribution in [0.5, 0.6) is 5.75 Å². The highest BCUT2D eigenvalue weighted by molar-refractivity contribution is 9.10. The summed E-state index contributed by atoms with van der Waals surface area (Å²) in [5.41, 5.74) is 6.52. The number of piperidine rings is 1. The molecule has 2 aromatic carbocycles. The lowest BCUT2D eigenvalue weighted by Crippen LogP contribution is -2.52. The number of piperazine rings is 1. The topological polar surface area (TPSA) is 112 Å². The molecule has 0 amide bonds. The highest BCUT2D eigenvalue weighted by Crippen LogP contribution is 2.41. The summed E-state index contributed by atoms with van der Waals surface area (Å²) in [7, 11) is 1.21. The molecular formula is C38H51BrN9O2P. The van der Waals surface area contributed by atoms with Crippen LogP contribution in [0.15, 0.2) is 53.4 Å². The normalized spacial score (nSPS) is 16.5. The highest BCUT2D eigenvalue weighted by atomic mass is 79.9. The summed E-state index contributed by atoms with van der Waals surface area (Å²) in [5, 5.41) is 7.55. The maximum atomic E-state index is 13.6. The average Bonchev–Trinajstić information content (AvgIpc) is 3.13. The third kappa shape index (κ3) is 8.74. The van der Waals surface area contributed by atoms with Crippen molar-refractivity contribution in [3.8, 4) is 17.0 Å². The number of benzene rings is 2. The Bertz CT molecular complexity index is 1890. The predicted molar refractivity (Wildman–Crippen MR) is 214 cm³/mol. The molecule has 272 valence electrons. The largest absolute Gasteiger partial charge is 0.494 e. The quantitative estimate of drug-likeness (QED) is 0.149. The number of nitrogens with zero attached hydrogens (tertiary/aromatic N) is 7. The number of hydrogen-bond donors (Lipinski definition) is 2. The van der Waals surface area contributed by atoms with Gasteiger partial charge < -0.3 is 29.7 Å². The summed E-state index contributed by atoms with van der Waals surface area (Å²) in [6.45, 7) is 16.6. The third-order valence-corrected chi connectivity index (χ3v) is 12.1. The van der Waals surface area contributed by atoms with Gasteiger partial charge in [0.2, 0.25) is 5.95 Å². The van der Waals surface area contributed by atoms with Gasteiger partial charge in [0.25, 0.3) is 0 Å². The predicted octanol–water partition coefficient (Wildman–Crippen LogP) is 7.34. The Labute approximate surface area is 311 Å². The number of hydrogen-bond acceptors (Lipinski definition) is 11. The average molecular weight is 777 g/mol. The molecule has 2 aliphatic rings. The van der Waals surface area contributed by atoms with Crippen molar-refractivity contribution >= 4 is 57.2 Å². The maximum absolute atomic E-state index is 13.6. The summed E-state index contributed by atoms with van der Waals surface area (Å²) in [5.74, 6) is 1.95. The van der Waals surface area contributed by atoms with Crippen molar-refractivity contribution in [2.45, 2.75) is 52.0 Å². The van der Waals surface area contributed by atoms with E-state index in [9.17, 15) is 4.57 Å². The highest BCUT2D eigenvalue weighted by Gasteiger charge is 2.28. The van der Waals surface area contributed by atoms with E-state index in [0.717, 1.165) is 61.0 Å². The van der Waals surface area contributed by atoms with Crippen LogP contribution in [-0.2, 0) is 11.0 Å². The number of rotatable bonds is 11. The van der Waals surface area contributed by atoms with Gasteiger partial charge in [0.05, 0.1) is 40.5 Å². The molecular weight excluding hydrogens is 725 g/mol. The standard InChI is InChI=1S/C38H51BrN9O2P/c1-8-26-19-31(35(50-5)21-34(26)48-13-11-28(12-14-48)47-17-15-46(4)16-18-47)44-38-41-22-29(39)37(45-38)43-30-10-9-27(20-36(30)51(6,7)49)33-24-40-23-32(42-33)25(2)3/h9-10,19-25,28H,8,11-18H2,1-7H3,(H2,41,43,44,45). The van der Waals surface area contributed by atoms with Crippen LogP contribution in [0.4, 0.5) is 28.8 Å². The van der Waals surface area contributed by atoms with Gasteiger partial charge in [-0.05, 0) is 85.3 Å². The minimum absolute atomic E-state index is 0.251. The minimum atomic E-state index is -2.71. The summed E-state index contributed by atoms with van der Waals surface area (Å²) < 4.78 is 20.2. The van der Waals surface area contributed by atoms with Gasteiger partial charge in [-0.2, -0.15) is 4.98 Å². The third-order valence-electron chi connectivity index (χ3n) is 10.0. The van der Waals surface area contributed by atoms with Gasteiger partial charge in [0, 0.05) is 80.3 Å². The Balaban J connectivity index is 1.21. The molecule has 2 N–H and O–H groups in total. The van der Waals surface area contributed by atoms with Crippen molar-refractivity contribution in [3.63, 3.8) is 0 Å². The van der Waals surface area contributed by atoms with E-state index >= 15 is 0 Å².